The molecule has 1 aromatic heterocycles. The molecule has 0 fully saturated rings. The average Bonchev–Trinajstić information content (AvgIpc) is 2.65. The van der Waals surface area contributed by atoms with Crippen molar-refractivity contribution in [3.63, 3.8) is 0 Å². The molecule has 0 aliphatic carbocycles. The minimum atomic E-state index is -3.72. The van der Waals surface area contributed by atoms with Crippen molar-refractivity contribution in [1.29, 1.82) is 0 Å². The van der Waals surface area contributed by atoms with Gasteiger partial charge in [-0.3, -0.25) is 9.78 Å². The van der Waals surface area contributed by atoms with Crippen molar-refractivity contribution < 1.29 is 23.1 Å². The molecule has 0 aliphatic heterocycles. The Hall–Kier alpha value is -2.29. The third kappa shape index (κ3) is 6.91. The highest BCUT2D eigenvalue weighted by Gasteiger charge is 2.16. The van der Waals surface area contributed by atoms with Crippen LogP contribution in [-0.4, -0.2) is 36.8 Å². The van der Waals surface area contributed by atoms with Gasteiger partial charge in [0.05, 0.1) is 30.2 Å². The van der Waals surface area contributed by atoms with Crippen molar-refractivity contribution in [2.75, 3.05) is 12.4 Å². The Kier molecular flexibility index (Phi) is 7.71. The second-order valence-corrected chi connectivity index (χ2v) is 7.53. The average molecular weight is 378 g/mol. The third-order valence-corrected chi connectivity index (χ3v) is 4.88. The highest BCUT2D eigenvalue weighted by atomic mass is 32.2. The standard InChI is InChI=1S/C18H22N2O5S/c21-13-17-9-8-16(12-19-17)18(22)20-26(23,24)11-5-4-10-25-14-15-6-2-1-3-7-15/h1-3,6-9,12,21H,4-5,10-11,13-14H2,(H,20,22). The number of hydrogen-bond acceptors (Lipinski definition) is 6. The number of sulfonamides is 1. The van der Waals surface area contributed by atoms with E-state index in [-0.39, 0.29) is 17.9 Å². The van der Waals surface area contributed by atoms with E-state index in [0.717, 1.165) is 5.56 Å². The Labute approximate surface area is 153 Å². The van der Waals surface area contributed by atoms with Gasteiger partial charge in [-0.05, 0) is 30.5 Å². The van der Waals surface area contributed by atoms with E-state index in [2.05, 4.69) is 4.98 Å². The van der Waals surface area contributed by atoms with Gasteiger partial charge >= 0.3 is 0 Å². The molecule has 0 spiro atoms. The SMILES string of the molecule is O=C(NS(=O)(=O)CCCCOCc1ccccc1)c1ccc(CO)nc1. The Bertz CT molecular complexity index is 792. The molecule has 0 saturated heterocycles. The van der Waals surface area contributed by atoms with Gasteiger partial charge < -0.3 is 9.84 Å². The number of nitrogens with one attached hydrogen (secondary N) is 1. The topological polar surface area (TPSA) is 106 Å². The van der Waals surface area contributed by atoms with Crippen LogP contribution in [-0.2, 0) is 28.0 Å². The van der Waals surface area contributed by atoms with Gasteiger partial charge in [0.2, 0.25) is 10.0 Å². The quantitative estimate of drug-likeness (QED) is 0.609. The first-order valence-corrected chi connectivity index (χ1v) is 9.88. The molecule has 0 radical (unpaired) electrons. The first-order valence-electron chi connectivity index (χ1n) is 8.22. The first kappa shape index (κ1) is 20.0. The number of amides is 1. The van der Waals surface area contributed by atoms with Gasteiger partial charge in [-0.25, -0.2) is 13.1 Å². The highest BCUT2D eigenvalue weighted by Crippen LogP contribution is 2.04. The van der Waals surface area contributed by atoms with Crippen molar-refractivity contribution in [2.45, 2.75) is 26.1 Å². The van der Waals surface area contributed by atoms with Crippen molar-refractivity contribution in [1.82, 2.24) is 9.71 Å². The van der Waals surface area contributed by atoms with Crippen LogP contribution in [0.2, 0.25) is 0 Å². The Balaban J connectivity index is 1.68. The molecule has 0 atom stereocenters. The highest BCUT2D eigenvalue weighted by molar-refractivity contribution is 7.90. The van der Waals surface area contributed by atoms with E-state index in [1.807, 2.05) is 35.1 Å². The van der Waals surface area contributed by atoms with Crippen LogP contribution >= 0.6 is 0 Å². The molecule has 0 unspecified atom stereocenters. The minimum absolute atomic E-state index is 0.122. The molecule has 1 heterocycles. The molecule has 26 heavy (non-hydrogen) atoms. The summed E-state index contributed by atoms with van der Waals surface area (Å²) in [5, 5.41) is 8.91. The van der Waals surface area contributed by atoms with E-state index in [9.17, 15) is 13.2 Å². The molecule has 1 aromatic carbocycles. The summed E-state index contributed by atoms with van der Waals surface area (Å²) in [6.07, 6.45) is 2.20. The fourth-order valence-electron chi connectivity index (χ4n) is 2.16. The van der Waals surface area contributed by atoms with Gasteiger partial charge in [-0.15, -0.1) is 0 Å². The number of rotatable bonds is 10. The molecule has 1 amide bonds. The van der Waals surface area contributed by atoms with Crippen molar-refractivity contribution in [3.8, 4) is 0 Å². The number of carbonyl (C=O) groups is 1. The van der Waals surface area contributed by atoms with Crippen molar-refractivity contribution in [2.24, 2.45) is 0 Å². The Morgan fingerprint density at radius 2 is 1.88 bits per heavy atom. The molecular formula is C18H22N2O5S. The van der Waals surface area contributed by atoms with E-state index in [1.165, 1.54) is 18.3 Å². The van der Waals surface area contributed by atoms with Crippen LogP contribution in [0.4, 0.5) is 0 Å². The molecule has 0 aliphatic rings. The van der Waals surface area contributed by atoms with Gasteiger partial charge in [0, 0.05) is 12.8 Å². The molecule has 140 valence electrons. The lowest BCUT2D eigenvalue weighted by atomic mass is 10.2. The molecule has 2 aromatic rings. The lowest BCUT2D eigenvalue weighted by Crippen LogP contribution is -2.32. The third-order valence-electron chi connectivity index (χ3n) is 3.56. The normalized spacial score (nSPS) is 11.3. The summed E-state index contributed by atoms with van der Waals surface area (Å²) in [7, 11) is -3.72. The van der Waals surface area contributed by atoms with E-state index in [0.29, 0.717) is 31.7 Å². The molecular weight excluding hydrogens is 356 g/mol. The number of carbonyl (C=O) groups excluding carboxylic acids is 1. The van der Waals surface area contributed by atoms with Crippen LogP contribution in [0.5, 0.6) is 0 Å². The number of pyridine rings is 1. The summed E-state index contributed by atoms with van der Waals surface area (Å²) < 4.78 is 31.4. The van der Waals surface area contributed by atoms with Crippen LogP contribution in [0.25, 0.3) is 0 Å². The van der Waals surface area contributed by atoms with Crippen LogP contribution in [0, 0.1) is 0 Å². The molecule has 0 saturated carbocycles. The summed E-state index contributed by atoms with van der Waals surface area (Å²) in [6.45, 7) is 0.693. The zero-order valence-electron chi connectivity index (χ0n) is 14.3. The van der Waals surface area contributed by atoms with E-state index in [4.69, 9.17) is 9.84 Å². The summed E-state index contributed by atoms with van der Waals surface area (Å²) >= 11 is 0. The lowest BCUT2D eigenvalue weighted by molar-refractivity contribution is 0.0981. The second kappa shape index (κ2) is 10.0. The Morgan fingerprint density at radius 1 is 1.12 bits per heavy atom. The maximum absolute atomic E-state index is 12.0. The number of ether oxygens (including phenoxy) is 1. The second-order valence-electron chi connectivity index (χ2n) is 5.69. The summed E-state index contributed by atoms with van der Waals surface area (Å²) in [5.74, 6) is -0.891. The first-order chi connectivity index (χ1) is 12.5. The predicted molar refractivity (Wildman–Crippen MR) is 96.7 cm³/mol. The lowest BCUT2D eigenvalue weighted by Gasteiger charge is -2.08. The smallest absolute Gasteiger partial charge is 0.266 e. The molecule has 8 heteroatoms. The monoisotopic (exact) mass is 378 g/mol. The molecule has 0 bridgehead atoms. The van der Waals surface area contributed by atoms with Crippen molar-refractivity contribution in [3.05, 3.63) is 65.5 Å². The Morgan fingerprint density at radius 3 is 2.54 bits per heavy atom. The van der Waals surface area contributed by atoms with Gasteiger partial charge in [0.1, 0.15) is 0 Å². The fourth-order valence-corrected chi connectivity index (χ4v) is 3.25. The summed E-state index contributed by atoms with van der Waals surface area (Å²) in [4.78, 5) is 15.8. The summed E-state index contributed by atoms with van der Waals surface area (Å²) in [5.41, 5.74) is 1.59. The number of hydrogen-bond donors (Lipinski definition) is 2. The number of benzene rings is 1. The number of aliphatic hydroxyl groups excluding tert-OH is 1. The van der Waals surface area contributed by atoms with Gasteiger partial charge in [0.15, 0.2) is 0 Å². The van der Waals surface area contributed by atoms with Crippen LogP contribution in [0.1, 0.15) is 34.5 Å². The zero-order chi connectivity index (χ0) is 18.8. The maximum Gasteiger partial charge on any atom is 0.266 e. The maximum atomic E-state index is 12.0. The predicted octanol–water partition coefficient (Wildman–Crippen LogP) is 1.63. The number of unbranched alkanes of at least 4 members (excludes halogenated alkanes) is 1. The largest absolute Gasteiger partial charge is 0.390 e. The molecule has 2 rings (SSSR count). The van der Waals surface area contributed by atoms with E-state index < -0.39 is 15.9 Å². The number of aliphatic hydroxyl groups is 1. The van der Waals surface area contributed by atoms with Crippen LogP contribution < -0.4 is 4.72 Å². The minimum Gasteiger partial charge on any atom is -0.390 e. The number of nitrogens with zero attached hydrogens (tertiary/aromatic N) is 1. The van der Waals surface area contributed by atoms with Crippen LogP contribution in [0.3, 0.4) is 0 Å². The molecule has 2 N–H and O–H groups in total. The zero-order valence-corrected chi connectivity index (χ0v) is 15.1. The summed E-state index contributed by atoms with van der Waals surface area (Å²) in [6, 6.07) is 12.6. The molecule has 7 nitrogen and oxygen atoms in total. The van der Waals surface area contributed by atoms with Crippen molar-refractivity contribution >= 4 is 15.9 Å². The number of aromatic nitrogens is 1. The van der Waals surface area contributed by atoms with Crippen LogP contribution in [0.15, 0.2) is 48.7 Å². The van der Waals surface area contributed by atoms with Gasteiger partial charge in [-0.1, -0.05) is 30.3 Å². The van der Waals surface area contributed by atoms with Gasteiger partial charge in [0.25, 0.3) is 5.91 Å². The van der Waals surface area contributed by atoms with E-state index in [1.54, 1.807) is 0 Å². The van der Waals surface area contributed by atoms with E-state index >= 15 is 0 Å². The van der Waals surface area contributed by atoms with Gasteiger partial charge in [-0.2, -0.15) is 0 Å². The fraction of sp³-hybridized carbons (Fsp3) is 0.333.